The summed E-state index contributed by atoms with van der Waals surface area (Å²) in [5.74, 6) is 6.73. The Morgan fingerprint density at radius 2 is 1.86 bits per heavy atom. The number of halogens is 1. The summed E-state index contributed by atoms with van der Waals surface area (Å²) < 4.78 is 0.986. The van der Waals surface area contributed by atoms with Crippen LogP contribution in [-0.4, -0.2) is 23.9 Å². The predicted molar refractivity (Wildman–Crippen MR) is 86.5 cm³/mol. The zero-order valence-electron chi connectivity index (χ0n) is 12.1. The Hall–Kier alpha value is -0.910. The SMILES string of the molecule is NNC(=O)c1ccc(CN(CC2CC2)CC2CC2)c(Br)c1. The van der Waals surface area contributed by atoms with Gasteiger partial charge in [0.1, 0.15) is 0 Å². The lowest BCUT2D eigenvalue weighted by Gasteiger charge is -2.23. The van der Waals surface area contributed by atoms with Crippen LogP contribution in [0.4, 0.5) is 0 Å². The monoisotopic (exact) mass is 351 g/mol. The summed E-state index contributed by atoms with van der Waals surface area (Å²) in [6.07, 6.45) is 5.55. The highest BCUT2D eigenvalue weighted by molar-refractivity contribution is 9.10. The predicted octanol–water partition coefficient (Wildman–Crippen LogP) is 2.67. The summed E-state index contributed by atoms with van der Waals surface area (Å²) in [7, 11) is 0. The first-order chi connectivity index (χ1) is 10.2. The fraction of sp³-hybridized carbons (Fsp3) is 0.562. The molecule has 2 saturated carbocycles. The number of hydrogen-bond acceptors (Lipinski definition) is 3. The molecule has 114 valence electrons. The van der Waals surface area contributed by atoms with E-state index in [1.54, 1.807) is 0 Å². The van der Waals surface area contributed by atoms with Gasteiger partial charge in [-0.1, -0.05) is 22.0 Å². The minimum Gasteiger partial charge on any atom is -0.298 e. The normalized spacial score (nSPS) is 18.0. The van der Waals surface area contributed by atoms with Gasteiger partial charge in [-0.05, 0) is 55.2 Å². The molecule has 0 radical (unpaired) electrons. The molecule has 3 N–H and O–H groups in total. The Balaban J connectivity index is 1.67. The van der Waals surface area contributed by atoms with Crippen LogP contribution in [0.2, 0.25) is 0 Å². The molecule has 0 aliphatic heterocycles. The third-order valence-electron chi connectivity index (χ3n) is 4.27. The fourth-order valence-electron chi connectivity index (χ4n) is 2.68. The minimum absolute atomic E-state index is 0.255. The number of hydrazine groups is 1. The zero-order valence-corrected chi connectivity index (χ0v) is 13.7. The zero-order chi connectivity index (χ0) is 14.8. The molecule has 3 rings (SSSR count). The van der Waals surface area contributed by atoms with Crippen molar-refractivity contribution in [3.8, 4) is 0 Å². The smallest absolute Gasteiger partial charge is 0.265 e. The number of carbonyl (C=O) groups excluding carboxylic acids is 1. The first-order valence-corrected chi connectivity index (χ1v) is 8.46. The van der Waals surface area contributed by atoms with Gasteiger partial charge in [0.05, 0.1) is 0 Å². The lowest BCUT2D eigenvalue weighted by atomic mass is 10.1. The molecule has 2 fully saturated rings. The second-order valence-corrected chi connectivity index (χ2v) is 7.21. The van der Waals surface area contributed by atoms with Crippen molar-refractivity contribution >= 4 is 21.8 Å². The molecule has 0 atom stereocenters. The minimum atomic E-state index is -0.255. The second-order valence-electron chi connectivity index (χ2n) is 6.36. The summed E-state index contributed by atoms with van der Waals surface area (Å²) in [5, 5.41) is 0. The van der Waals surface area contributed by atoms with E-state index in [1.165, 1.54) is 44.3 Å². The first kappa shape index (κ1) is 15.0. The molecular weight excluding hydrogens is 330 g/mol. The highest BCUT2D eigenvalue weighted by Gasteiger charge is 2.29. The van der Waals surface area contributed by atoms with Crippen molar-refractivity contribution in [2.45, 2.75) is 32.2 Å². The van der Waals surface area contributed by atoms with E-state index in [1.807, 2.05) is 18.2 Å². The summed E-state index contributed by atoms with van der Waals surface area (Å²) in [6, 6.07) is 5.72. The van der Waals surface area contributed by atoms with Gasteiger partial charge in [0.15, 0.2) is 0 Å². The summed E-state index contributed by atoms with van der Waals surface area (Å²) in [6.45, 7) is 3.39. The maximum atomic E-state index is 11.5. The van der Waals surface area contributed by atoms with Crippen LogP contribution in [0, 0.1) is 11.8 Å². The Kier molecular flexibility index (Phi) is 4.62. The maximum absolute atomic E-state index is 11.5. The van der Waals surface area contributed by atoms with Crippen molar-refractivity contribution in [1.82, 2.24) is 10.3 Å². The number of nitrogen functional groups attached to an aromatic ring is 1. The number of nitrogens with one attached hydrogen (secondary N) is 1. The van der Waals surface area contributed by atoms with Crippen molar-refractivity contribution in [3.63, 3.8) is 0 Å². The Morgan fingerprint density at radius 1 is 1.24 bits per heavy atom. The van der Waals surface area contributed by atoms with Crippen LogP contribution in [0.5, 0.6) is 0 Å². The number of amides is 1. The molecule has 2 aliphatic carbocycles. The standard InChI is InChI=1S/C16H22BrN3O/c17-15-7-13(16(21)19-18)5-6-14(15)10-20(8-11-1-2-11)9-12-3-4-12/h5-7,11-12H,1-4,8-10,18H2,(H,19,21). The lowest BCUT2D eigenvalue weighted by Crippen LogP contribution is -2.30. The Morgan fingerprint density at radius 3 is 2.33 bits per heavy atom. The molecule has 0 bridgehead atoms. The molecule has 0 heterocycles. The van der Waals surface area contributed by atoms with Crippen LogP contribution in [0.3, 0.4) is 0 Å². The molecule has 0 aromatic heterocycles. The average molecular weight is 352 g/mol. The van der Waals surface area contributed by atoms with Crippen molar-refractivity contribution in [2.75, 3.05) is 13.1 Å². The molecular formula is C16H22BrN3O. The van der Waals surface area contributed by atoms with Crippen LogP contribution in [0.25, 0.3) is 0 Å². The van der Waals surface area contributed by atoms with Crippen molar-refractivity contribution in [2.24, 2.45) is 17.7 Å². The Bertz CT molecular complexity index is 512. The van der Waals surface area contributed by atoms with Gasteiger partial charge < -0.3 is 0 Å². The van der Waals surface area contributed by atoms with Gasteiger partial charge >= 0.3 is 0 Å². The van der Waals surface area contributed by atoms with Gasteiger partial charge in [0.2, 0.25) is 0 Å². The third kappa shape index (κ3) is 4.28. The van der Waals surface area contributed by atoms with Crippen LogP contribution < -0.4 is 11.3 Å². The van der Waals surface area contributed by atoms with Gasteiger partial charge in [0.25, 0.3) is 5.91 Å². The number of nitrogens with zero attached hydrogens (tertiary/aromatic N) is 1. The van der Waals surface area contributed by atoms with Gasteiger partial charge in [-0.3, -0.25) is 15.1 Å². The number of hydrogen-bond donors (Lipinski definition) is 2. The van der Waals surface area contributed by atoms with E-state index in [0.717, 1.165) is 22.9 Å². The van der Waals surface area contributed by atoms with E-state index in [4.69, 9.17) is 5.84 Å². The van der Waals surface area contributed by atoms with Crippen LogP contribution in [0.1, 0.15) is 41.6 Å². The van der Waals surface area contributed by atoms with Crippen LogP contribution >= 0.6 is 15.9 Å². The maximum Gasteiger partial charge on any atom is 0.265 e. The van der Waals surface area contributed by atoms with Crippen molar-refractivity contribution < 1.29 is 4.79 Å². The fourth-order valence-corrected chi connectivity index (χ4v) is 3.18. The number of rotatable bonds is 7. The van der Waals surface area contributed by atoms with E-state index in [-0.39, 0.29) is 5.91 Å². The quantitative estimate of drug-likeness (QED) is 0.451. The summed E-state index contributed by atoms with van der Waals surface area (Å²) in [4.78, 5) is 14.1. The number of nitrogens with two attached hydrogens (primary N) is 1. The molecule has 0 unspecified atom stereocenters. The molecule has 4 nitrogen and oxygen atoms in total. The lowest BCUT2D eigenvalue weighted by molar-refractivity contribution is 0.0953. The van der Waals surface area contributed by atoms with Crippen molar-refractivity contribution in [1.29, 1.82) is 0 Å². The highest BCUT2D eigenvalue weighted by atomic mass is 79.9. The molecule has 1 aromatic carbocycles. The van der Waals surface area contributed by atoms with E-state index < -0.39 is 0 Å². The topological polar surface area (TPSA) is 58.4 Å². The largest absolute Gasteiger partial charge is 0.298 e. The Labute approximate surface area is 134 Å². The number of carbonyl (C=O) groups is 1. The highest BCUT2D eigenvalue weighted by Crippen LogP contribution is 2.34. The van der Waals surface area contributed by atoms with E-state index in [0.29, 0.717) is 5.56 Å². The van der Waals surface area contributed by atoms with E-state index in [9.17, 15) is 4.79 Å². The van der Waals surface area contributed by atoms with Gasteiger partial charge in [0, 0.05) is 29.7 Å². The molecule has 21 heavy (non-hydrogen) atoms. The van der Waals surface area contributed by atoms with Gasteiger partial charge in [-0.2, -0.15) is 0 Å². The summed E-state index contributed by atoms with van der Waals surface area (Å²) >= 11 is 3.59. The van der Waals surface area contributed by atoms with Gasteiger partial charge in [-0.25, -0.2) is 5.84 Å². The molecule has 1 aromatic rings. The van der Waals surface area contributed by atoms with Crippen molar-refractivity contribution in [3.05, 3.63) is 33.8 Å². The van der Waals surface area contributed by atoms with Crippen LogP contribution in [-0.2, 0) is 6.54 Å². The average Bonchev–Trinajstić information content (AvgIpc) is 3.36. The number of benzene rings is 1. The first-order valence-electron chi connectivity index (χ1n) is 7.67. The molecule has 2 aliphatic rings. The van der Waals surface area contributed by atoms with E-state index in [2.05, 4.69) is 26.3 Å². The third-order valence-corrected chi connectivity index (χ3v) is 5.01. The van der Waals surface area contributed by atoms with Gasteiger partial charge in [-0.15, -0.1) is 0 Å². The van der Waals surface area contributed by atoms with E-state index >= 15 is 0 Å². The molecule has 0 spiro atoms. The molecule has 0 saturated heterocycles. The summed E-state index contributed by atoms with van der Waals surface area (Å²) in [5.41, 5.74) is 3.99. The second kappa shape index (κ2) is 6.46. The van der Waals surface area contributed by atoms with Crippen LogP contribution in [0.15, 0.2) is 22.7 Å². The molecule has 1 amide bonds. The molecule has 5 heteroatoms.